The lowest BCUT2D eigenvalue weighted by molar-refractivity contribution is 0.0304. The molecule has 0 atom stereocenters. The molecule has 0 radical (unpaired) electrons. The van der Waals surface area contributed by atoms with Crippen LogP contribution in [0.25, 0.3) is 5.52 Å². The Morgan fingerprint density at radius 3 is 2.42 bits per heavy atom. The van der Waals surface area contributed by atoms with Gasteiger partial charge in [0.2, 0.25) is 10.0 Å². The van der Waals surface area contributed by atoms with E-state index in [2.05, 4.69) is 5.10 Å². The van der Waals surface area contributed by atoms with E-state index in [1.807, 2.05) is 18.3 Å². The molecule has 1 aromatic carbocycles. The van der Waals surface area contributed by atoms with Crippen molar-refractivity contribution >= 4 is 33.0 Å². The number of morpholine rings is 1. The van der Waals surface area contributed by atoms with E-state index in [0.29, 0.717) is 62.8 Å². The molecule has 4 heterocycles. The van der Waals surface area contributed by atoms with Gasteiger partial charge in [-0.2, -0.15) is 9.40 Å². The summed E-state index contributed by atoms with van der Waals surface area (Å²) in [7, 11) is -3.54. The number of benzene rings is 1. The van der Waals surface area contributed by atoms with E-state index >= 15 is 0 Å². The van der Waals surface area contributed by atoms with E-state index in [-0.39, 0.29) is 16.7 Å². The molecule has 2 fully saturated rings. The van der Waals surface area contributed by atoms with E-state index in [1.165, 1.54) is 4.31 Å². The molecule has 1 amide bonds. The molecule has 5 rings (SSSR count). The zero-order chi connectivity index (χ0) is 23.0. The molecule has 0 unspecified atom stereocenters. The molecule has 2 aromatic heterocycles. The molecule has 3 aromatic rings. The first kappa shape index (κ1) is 22.3. The van der Waals surface area contributed by atoms with Gasteiger partial charge in [-0.15, -0.1) is 0 Å². The predicted octanol–water partition coefficient (Wildman–Crippen LogP) is 3.03. The number of amides is 1. The van der Waals surface area contributed by atoms with Crippen LogP contribution >= 0.6 is 11.6 Å². The lowest BCUT2D eigenvalue weighted by atomic mass is 9.90. The van der Waals surface area contributed by atoms with Crippen LogP contribution in [-0.2, 0) is 14.8 Å². The number of halogens is 1. The molecule has 8 nitrogen and oxygen atoms in total. The van der Waals surface area contributed by atoms with Crippen molar-refractivity contribution in [3.63, 3.8) is 0 Å². The van der Waals surface area contributed by atoms with Crippen LogP contribution in [0.2, 0.25) is 5.02 Å². The molecule has 0 N–H and O–H groups in total. The summed E-state index contributed by atoms with van der Waals surface area (Å²) in [6.45, 7) is 3.15. The highest BCUT2D eigenvalue weighted by Gasteiger charge is 2.30. The van der Waals surface area contributed by atoms with Crippen molar-refractivity contribution in [3.05, 3.63) is 64.9 Å². The van der Waals surface area contributed by atoms with Gasteiger partial charge >= 0.3 is 0 Å². The summed E-state index contributed by atoms with van der Waals surface area (Å²) in [4.78, 5) is 15.1. The third-order valence-electron chi connectivity index (χ3n) is 6.45. The Balaban J connectivity index is 1.32. The molecule has 174 valence electrons. The van der Waals surface area contributed by atoms with Gasteiger partial charge in [0.05, 0.1) is 35.4 Å². The molecule has 2 aliphatic rings. The Hall–Kier alpha value is -2.46. The van der Waals surface area contributed by atoms with Crippen LogP contribution in [0, 0.1) is 0 Å². The number of rotatable bonds is 4. The lowest BCUT2D eigenvalue weighted by Gasteiger charge is -2.31. The number of hydrogen-bond donors (Lipinski definition) is 0. The van der Waals surface area contributed by atoms with Gasteiger partial charge in [0.1, 0.15) is 0 Å². The maximum absolute atomic E-state index is 13.0. The summed E-state index contributed by atoms with van der Waals surface area (Å²) in [6.07, 6.45) is 4.92. The maximum atomic E-state index is 13.0. The largest absolute Gasteiger partial charge is 0.378 e. The monoisotopic (exact) mass is 488 g/mol. The van der Waals surface area contributed by atoms with Crippen LogP contribution in [0.1, 0.15) is 34.7 Å². The van der Waals surface area contributed by atoms with Crippen molar-refractivity contribution in [2.75, 3.05) is 39.4 Å². The van der Waals surface area contributed by atoms with Crippen molar-refractivity contribution in [3.8, 4) is 0 Å². The van der Waals surface area contributed by atoms with Gasteiger partial charge in [0, 0.05) is 37.4 Å². The van der Waals surface area contributed by atoms with Gasteiger partial charge in [0.15, 0.2) is 0 Å². The van der Waals surface area contributed by atoms with Crippen molar-refractivity contribution in [1.82, 2.24) is 18.8 Å². The second kappa shape index (κ2) is 9.06. The Bertz CT molecular complexity index is 1260. The van der Waals surface area contributed by atoms with Crippen LogP contribution < -0.4 is 0 Å². The number of carbonyl (C=O) groups is 1. The number of fused-ring (bicyclic) bond motifs is 1. The fraction of sp³-hybridized carbons (Fsp3) is 0.391. The van der Waals surface area contributed by atoms with Gasteiger partial charge in [-0.25, -0.2) is 12.9 Å². The molecule has 33 heavy (non-hydrogen) atoms. The van der Waals surface area contributed by atoms with E-state index < -0.39 is 10.0 Å². The second-order valence-electron chi connectivity index (χ2n) is 8.38. The number of ether oxygens (including phenoxy) is 1. The summed E-state index contributed by atoms with van der Waals surface area (Å²) in [5, 5.41) is 4.85. The van der Waals surface area contributed by atoms with Crippen LogP contribution in [0.3, 0.4) is 0 Å². The third kappa shape index (κ3) is 4.38. The minimum Gasteiger partial charge on any atom is -0.378 e. The van der Waals surface area contributed by atoms with E-state index in [4.69, 9.17) is 16.3 Å². The van der Waals surface area contributed by atoms with Crippen molar-refractivity contribution in [1.29, 1.82) is 0 Å². The SMILES string of the molecule is O=C(c1cnn2ccc(C3CCN(S(=O)(=O)c4ccc(Cl)cc4)CC3)cc12)N1CCOCC1. The summed E-state index contributed by atoms with van der Waals surface area (Å²) >= 11 is 5.90. The minimum absolute atomic E-state index is 0.0330. The van der Waals surface area contributed by atoms with Crippen molar-refractivity contribution in [2.45, 2.75) is 23.7 Å². The van der Waals surface area contributed by atoms with E-state index in [1.54, 1.807) is 39.9 Å². The summed E-state index contributed by atoms with van der Waals surface area (Å²) in [6, 6.07) is 10.3. The van der Waals surface area contributed by atoms with Crippen molar-refractivity contribution < 1.29 is 17.9 Å². The number of hydrogen-bond acceptors (Lipinski definition) is 5. The highest BCUT2D eigenvalue weighted by atomic mass is 35.5. The predicted molar refractivity (Wildman–Crippen MR) is 124 cm³/mol. The Morgan fingerprint density at radius 2 is 1.73 bits per heavy atom. The number of piperidine rings is 1. The highest BCUT2D eigenvalue weighted by Crippen LogP contribution is 2.32. The average Bonchev–Trinajstić information content (AvgIpc) is 3.28. The number of aromatic nitrogens is 2. The molecule has 0 spiro atoms. The van der Waals surface area contributed by atoms with E-state index in [0.717, 1.165) is 11.1 Å². The first-order valence-corrected chi connectivity index (χ1v) is 12.9. The zero-order valence-electron chi connectivity index (χ0n) is 18.1. The Kier molecular flexibility index (Phi) is 6.13. The van der Waals surface area contributed by atoms with Gasteiger partial charge in [-0.1, -0.05) is 11.6 Å². The van der Waals surface area contributed by atoms with E-state index in [9.17, 15) is 13.2 Å². The average molecular weight is 489 g/mol. The zero-order valence-corrected chi connectivity index (χ0v) is 19.6. The normalized spacial score (nSPS) is 18.6. The summed E-state index contributed by atoms with van der Waals surface area (Å²) in [5.74, 6) is 0.183. The summed E-state index contributed by atoms with van der Waals surface area (Å²) in [5.41, 5.74) is 2.46. The minimum atomic E-state index is -3.54. The lowest BCUT2D eigenvalue weighted by Crippen LogP contribution is -2.40. The van der Waals surface area contributed by atoms with Gasteiger partial charge in [0.25, 0.3) is 5.91 Å². The highest BCUT2D eigenvalue weighted by molar-refractivity contribution is 7.89. The van der Waals surface area contributed by atoms with Crippen LogP contribution in [0.15, 0.2) is 53.7 Å². The number of sulfonamides is 1. The maximum Gasteiger partial charge on any atom is 0.257 e. The quantitative estimate of drug-likeness (QED) is 0.563. The van der Waals surface area contributed by atoms with Crippen LogP contribution in [-0.4, -0.2) is 72.5 Å². The fourth-order valence-corrected chi connectivity index (χ4v) is 6.13. The molecule has 10 heteroatoms. The van der Waals surface area contributed by atoms with Crippen LogP contribution in [0.4, 0.5) is 0 Å². The molecular weight excluding hydrogens is 464 g/mol. The van der Waals surface area contributed by atoms with Gasteiger partial charge in [-0.05, 0) is 60.7 Å². The van der Waals surface area contributed by atoms with Crippen LogP contribution in [0.5, 0.6) is 0 Å². The summed E-state index contributed by atoms with van der Waals surface area (Å²) < 4.78 is 34.6. The number of carbonyl (C=O) groups excluding carboxylic acids is 1. The Morgan fingerprint density at radius 1 is 1.03 bits per heavy atom. The molecule has 0 aliphatic carbocycles. The second-order valence-corrected chi connectivity index (χ2v) is 10.8. The molecule has 2 aliphatic heterocycles. The van der Waals surface area contributed by atoms with Gasteiger partial charge in [-0.3, -0.25) is 4.79 Å². The fourth-order valence-electron chi connectivity index (χ4n) is 4.54. The smallest absolute Gasteiger partial charge is 0.257 e. The number of nitrogens with zero attached hydrogens (tertiary/aromatic N) is 4. The van der Waals surface area contributed by atoms with Gasteiger partial charge < -0.3 is 9.64 Å². The Labute approximate surface area is 197 Å². The standard InChI is InChI=1S/C23H25ClN4O4S/c24-19-1-3-20(4-2-19)33(30,31)27-8-5-17(6-9-27)18-7-10-28-22(15-18)21(16-25-28)23(29)26-11-13-32-14-12-26/h1-4,7,10,15-17H,5-6,8-9,11-14H2. The van der Waals surface area contributed by atoms with Crippen molar-refractivity contribution in [2.24, 2.45) is 0 Å². The first-order valence-electron chi connectivity index (χ1n) is 11.0. The molecular formula is C23H25ClN4O4S. The topological polar surface area (TPSA) is 84.2 Å². The first-order chi connectivity index (χ1) is 15.9. The molecule has 0 saturated carbocycles. The third-order valence-corrected chi connectivity index (χ3v) is 8.62. The molecule has 0 bridgehead atoms. The molecule has 2 saturated heterocycles. The number of pyridine rings is 1.